The monoisotopic (exact) mass is 245 g/mol. The first kappa shape index (κ1) is 12.0. The number of nitrogen functional groups attached to an aromatic ring is 1. The summed E-state index contributed by atoms with van der Waals surface area (Å²) in [5.74, 6) is 0.483. The fourth-order valence-corrected chi connectivity index (χ4v) is 2.04. The van der Waals surface area contributed by atoms with Crippen molar-refractivity contribution in [3.63, 3.8) is 0 Å². The summed E-state index contributed by atoms with van der Waals surface area (Å²) < 4.78 is 37.6. The summed E-state index contributed by atoms with van der Waals surface area (Å²) in [6.45, 7) is 3.56. The van der Waals surface area contributed by atoms with Gasteiger partial charge in [-0.05, 0) is 18.4 Å². The topological polar surface area (TPSA) is 42.2 Å². The van der Waals surface area contributed by atoms with Gasteiger partial charge in [-0.15, -0.1) is 0 Å². The van der Waals surface area contributed by atoms with E-state index < -0.39 is 11.9 Å². The fraction of sp³-hybridized carbons (Fsp3) is 0.545. The number of alkyl halides is 3. The van der Waals surface area contributed by atoms with Gasteiger partial charge in [0.25, 0.3) is 0 Å². The van der Waals surface area contributed by atoms with Crippen LogP contribution in [0.15, 0.2) is 12.3 Å². The molecular formula is C11H14F3N3. The lowest BCUT2D eigenvalue weighted by molar-refractivity contribution is -0.141. The largest absolute Gasteiger partial charge is 0.433 e. The van der Waals surface area contributed by atoms with Crippen molar-refractivity contribution in [1.29, 1.82) is 0 Å². The van der Waals surface area contributed by atoms with E-state index in [9.17, 15) is 13.2 Å². The van der Waals surface area contributed by atoms with E-state index in [4.69, 9.17) is 5.73 Å². The zero-order valence-corrected chi connectivity index (χ0v) is 9.46. The Morgan fingerprint density at radius 2 is 2.18 bits per heavy atom. The molecule has 0 radical (unpaired) electrons. The molecule has 0 bridgehead atoms. The quantitative estimate of drug-likeness (QED) is 0.826. The van der Waals surface area contributed by atoms with Crippen LogP contribution in [0.1, 0.15) is 19.0 Å². The summed E-state index contributed by atoms with van der Waals surface area (Å²) in [6.07, 6.45) is -2.36. The lowest BCUT2D eigenvalue weighted by atomic mass is 10.2. The van der Waals surface area contributed by atoms with Crippen molar-refractivity contribution in [2.24, 2.45) is 5.92 Å². The molecule has 1 unspecified atom stereocenters. The molecule has 6 heteroatoms. The maximum atomic E-state index is 12.5. The molecule has 0 saturated carbocycles. The Bertz CT molecular complexity index is 417. The van der Waals surface area contributed by atoms with Crippen molar-refractivity contribution < 1.29 is 13.2 Å². The van der Waals surface area contributed by atoms with Crippen LogP contribution in [0.5, 0.6) is 0 Å². The number of halogens is 3. The first-order chi connectivity index (χ1) is 7.88. The summed E-state index contributed by atoms with van der Waals surface area (Å²) in [5, 5.41) is 0. The fourth-order valence-electron chi connectivity index (χ4n) is 2.04. The van der Waals surface area contributed by atoms with Crippen molar-refractivity contribution >= 4 is 11.4 Å². The molecule has 0 aromatic carbocycles. The van der Waals surface area contributed by atoms with E-state index in [0.717, 1.165) is 31.8 Å². The van der Waals surface area contributed by atoms with Crippen molar-refractivity contribution in [2.75, 3.05) is 23.7 Å². The van der Waals surface area contributed by atoms with Crippen LogP contribution in [0.4, 0.5) is 24.5 Å². The minimum absolute atomic E-state index is 0.298. The van der Waals surface area contributed by atoms with E-state index in [2.05, 4.69) is 11.9 Å². The SMILES string of the molecule is CC1CCN(c2cc(C(F)(F)F)ncc2N)C1. The van der Waals surface area contributed by atoms with Gasteiger partial charge in [0.05, 0.1) is 17.6 Å². The number of hydrogen-bond donors (Lipinski definition) is 1. The van der Waals surface area contributed by atoms with Crippen LogP contribution in [0.3, 0.4) is 0 Å². The second-order valence-electron chi connectivity index (χ2n) is 4.47. The number of anilines is 2. The number of nitrogens with two attached hydrogens (primary N) is 1. The molecule has 17 heavy (non-hydrogen) atoms. The summed E-state index contributed by atoms with van der Waals surface area (Å²) in [4.78, 5) is 5.21. The Labute approximate surface area is 97.4 Å². The van der Waals surface area contributed by atoms with Crippen molar-refractivity contribution in [2.45, 2.75) is 19.5 Å². The Morgan fingerprint density at radius 1 is 1.47 bits per heavy atom. The summed E-state index contributed by atoms with van der Waals surface area (Å²) in [6, 6.07) is 1.04. The third-order valence-corrected chi connectivity index (χ3v) is 2.97. The molecule has 2 heterocycles. The van der Waals surface area contributed by atoms with Crippen molar-refractivity contribution in [3.8, 4) is 0 Å². The van der Waals surface area contributed by atoms with Crippen LogP contribution in [0, 0.1) is 5.92 Å². The number of hydrogen-bond acceptors (Lipinski definition) is 3. The molecule has 1 atom stereocenters. The van der Waals surface area contributed by atoms with Gasteiger partial charge in [0.2, 0.25) is 0 Å². The van der Waals surface area contributed by atoms with Crippen LogP contribution in [-0.4, -0.2) is 18.1 Å². The average molecular weight is 245 g/mol. The smallest absolute Gasteiger partial charge is 0.396 e. The lowest BCUT2D eigenvalue weighted by Crippen LogP contribution is -2.21. The molecule has 1 aromatic heterocycles. The summed E-state index contributed by atoms with van der Waals surface area (Å²) >= 11 is 0. The highest BCUT2D eigenvalue weighted by Crippen LogP contribution is 2.34. The Hall–Kier alpha value is -1.46. The van der Waals surface area contributed by atoms with Crippen molar-refractivity contribution in [1.82, 2.24) is 4.98 Å². The molecule has 0 spiro atoms. The first-order valence-electron chi connectivity index (χ1n) is 5.45. The third-order valence-electron chi connectivity index (χ3n) is 2.97. The van der Waals surface area contributed by atoms with Gasteiger partial charge in [-0.2, -0.15) is 13.2 Å². The van der Waals surface area contributed by atoms with Gasteiger partial charge in [0, 0.05) is 13.1 Å². The number of pyridine rings is 1. The van der Waals surface area contributed by atoms with Crippen LogP contribution in [0.25, 0.3) is 0 Å². The van der Waals surface area contributed by atoms with E-state index in [1.807, 2.05) is 4.90 Å². The van der Waals surface area contributed by atoms with Gasteiger partial charge >= 0.3 is 6.18 Å². The van der Waals surface area contributed by atoms with Crippen LogP contribution in [0.2, 0.25) is 0 Å². The first-order valence-corrected chi connectivity index (χ1v) is 5.45. The second-order valence-corrected chi connectivity index (χ2v) is 4.47. The lowest BCUT2D eigenvalue weighted by Gasteiger charge is -2.21. The summed E-state index contributed by atoms with van der Waals surface area (Å²) in [7, 11) is 0. The molecule has 1 aliphatic heterocycles. The van der Waals surface area contributed by atoms with Crippen LogP contribution >= 0.6 is 0 Å². The molecule has 1 saturated heterocycles. The van der Waals surface area contributed by atoms with E-state index >= 15 is 0 Å². The highest BCUT2D eigenvalue weighted by molar-refractivity contribution is 5.67. The second kappa shape index (κ2) is 4.09. The number of rotatable bonds is 1. The number of nitrogens with zero attached hydrogens (tertiary/aromatic N) is 2. The minimum atomic E-state index is -4.42. The Kier molecular flexibility index (Phi) is 2.89. The van der Waals surface area contributed by atoms with Crippen molar-refractivity contribution in [3.05, 3.63) is 18.0 Å². The molecule has 0 aliphatic carbocycles. The van der Waals surface area contributed by atoms with Gasteiger partial charge in [0.15, 0.2) is 0 Å². The summed E-state index contributed by atoms with van der Waals surface area (Å²) in [5.41, 5.74) is 5.54. The van der Waals surface area contributed by atoms with Gasteiger partial charge in [0.1, 0.15) is 5.69 Å². The third kappa shape index (κ3) is 2.45. The predicted molar refractivity (Wildman–Crippen MR) is 59.6 cm³/mol. The van der Waals surface area contributed by atoms with Crippen LogP contribution in [-0.2, 0) is 6.18 Å². The molecule has 1 fully saturated rings. The maximum absolute atomic E-state index is 12.5. The Morgan fingerprint density at radius 3 is 2.71 bits per heavy atom. The van der Waals surface area contributed by atoms with Gasteiger partial charge in [-0.25, -0.2) is 4.98 Å². The van der Waals surface area contributed by atoms with E-state index in [-0.39, 0.29) is 0 Å². The highest BCUT2D eigenvalue weighted by atomic mass is 19.4. The molecular weight excluding hydrogens is 231 g/mol. The molecule has 0 amide bonds. The highest BCUT2D eigenvalue weighted by Gasteiger charge is 2.34. The molecule has 3 nitrogen and oxygen atoms in total. The number of aromatic nitrogens is 1. The predicted octanol–water partition coefficient (Wildman–Crippen LogP) is 2.53. The molecule has 94 valence electrons. The van der Waals surface area contributed by atoms with Gasteiger partial charge in [-0.3, -0.25) is 0 Å². The van der Waals surface area contributed by atoms with Gasteiger partial charge < -0.3 is 10.6 Å². The zero-order chi connectivity index (χ0) is 12.6. The van der Waals surface area contributed by atoms with E-state index in [0.29, 0.717) is 17.3 Å². The maximum Gasteiger partial charge on any atom is 0.433 e. The average Bonchev–Trinajstić information content (AvgIpc) is 2.63. The van der Waals surface area contributed by atoms with E-state index in [1.54, 1.807) is 0 Å². The van der Waals surface area contributed by atoms with E-state index in [1.165, 1.54) is 0 Å². The normalized spacial score (nSPS) is 20.9. The zero-order valence-electron chi connectivity index (χ0n) is 9.46. The minimum Gasteiger partial charge on any atom is -0.396 e. The molecule has 1 aliphatic rings. The molecule has 2 N–H and O–H groups in total. The van der Waals surface area contributed by atoms with Gasteiger partial charge in [-0.1, -0.05) is 6.92 Å². The molecule has 1 aromatic rings. The van der Waals surface area contributed by atoms with Crippen LogP contribution < -0.4 is 10.6 Å². The molecule has 2 rings (SSSR count). The Balaban J connectivity index is 2.33. The standard InChI is InChI=1S/C11H14F3N3/c1-7-2-3-17(6-7)9-4-10(11(12,13)14)16-5-8(9)15/h4-5,7H,2-3,6,15H2,1H3.